The fourth-order valence-electron chi connectivity index (χ4n) is 3.45. The van der Waals surface area contributed by atoms with Crippen LogP contribution in [0.3, 0.4) is 0 Å². The highest BCUT2D eigenvalue weighted by Crippen LogP contribution is 2.29. The van der Waals surface area contributed by atoms with E-state index in [-0.39, 0.29) is 6.04 Å². The van der Waals surface area contributed by atoms with Gasteiger partial charge in [0.15, 0.2) is 0 Å². The van der Waals surface area contributed by atoms with Crippen LogP contribution >= 0.6 is 0 Å². The highest BCUT2D eigenvalue weighted by atomic mass is 16.3. The van der Waals surface area contributed by atoms with Crippen LogP contribution in [0.15, 0.2) is 28.7 Å². The van der Waals surface area contributed by atoms with Gasteiger partial charge in [0.2, 0.25) is 0 Å². The van der Waals surface area contributed by atoms with E-state index in [4.69, 9.17) is 4.42 Å². The fourth-order valence-corrected chi connectivity index (χ4v) is 3.45. The molecule has 21 heavy (non-hydrogen) atoms. The molecule has 2 aromatic rings. The number of piperidine rings is 1. The van der Waals surface area contributed by atoms with Crippen molar-refractivity contribution in [3.05, 3.63) is 35.6 Å². The zero-order valence-electron chi connectivity index (χ0n) is 13.4. The molecular weight excluding hydrogens is 260 g/mol. The predicted octanol–water partition coefficient (Wildman–Crippen LogP) is 3.88. The van der Waals surface area contributed by atoms with E-state index < -0.39 is 0 Å². The zero-order valence-corrected chi connectivity index (χ0v) is 13.4. The van der Waals surface area contributed by atoms with Crippen LogP contribution in [0.25, 0.3) is 11.0 Å². The van der Waals surface area contributed by atoms with Gasteiger partial charge in [-0.3, -0.25) is 0 Å². The lowest BCUT2D eigenvalue weighted by Crippen LogP contribution is -2.43. The van der Waals surface area contributed by atoms with Gasteiger partial charge in [-0.1, -0.05) is 25.1 Å². The Labute approximate surface area is 127 Å². The second-order valence-electron chi connectivity index (χ2n) is 6.18. The summed E-state index contributed by atoms with van der Waals surface area (Å²) in [6.45, 7) is 10.2. The minimum atomic E-state index is 0.274. The number of nitrogens with one attached hydrogen (secondary N) is 1. The SMILES string of the molecule is CCN1CCC(NC(C)c2oc3ccccc3c2C)CC1. The van der Waals surface area contributed by atoms with Crippen LogP contribution in [-0.4, -0.2) is 30.6 Å². The lowest BCUT2D eigenvalue weighted by atomic mass is 10.0. The van der Waals surface area contributed by atoms with Crippen molar-refractivity contribution in [3.63, 3.8) is 0 Å². The highest BCUT2D eigenvalue weighted by molar-refractivity contribution is 5.82. The maximum Gasteiger partial charge on any atom is 0.134 e. The normalized spacial score (nSPS) is 19.2. The summed E-state index contributed by atoms with van der Waals surface area (Å²) in [6.07, 6.45) is 2.47. The van der Waals surface area contributed by atoms with Crippen LogP contribution in [0.5, 0.6) is 0 Å². The number of benzene rings is 1. The van der Waals surface area contributed by atoms with Crippen LogP contribution in [-0.2, 0) is 0 Å². The molecule has 0 saturated carbocycles. The molecule has 2 heterocycles. The Kier molecular flexibility index (Phi) is 4.32. The van der Waals surface area contributed by atoms with Crippen molar-refractivity contribution in [3.8, 4) is 0 Å². The number of para-hydroxylation sites is 1. The second-order valence-corrected chi connectivity index (χ2v) is 6.18. The molecule has 0 spiro atoms. The summed E-state index contributed by atoms with van der Waals surface area (Å²) in [7, 11) is 0. The van der Waals surface area contributed by atoms with Gasteiger partial charge in [-0.2, -0.15) is 0 Å². The summed E-state index contributed by atoms with van der Waals surface area (Å²) in [6, 6.07) is 9.19. The van der Waals surface area contributed by atoms with E-state index in [0.717, 1.165) is 11.3 Å². The minimum Gasteiger partial charge on any atom is -0.459 e. The van der Waals surface area contributed by atoms with E-state index in [2.05, 4.69) is 49.2 Å². The molecule has 1 saturated heterocycles. The lowest BCUT2D eigenvalue weighted by molar-refractivity contribution is 0.197. The van der Waals surface area contributed by atoms with Crippen LogP contribution in [0, 0.1) is 6.92 Å². The van der Waals surface area contributed by atoms with E-state index in [1.807, 2.05) is 6.07 Å². The number of hydrogen-bond acceptors (Lipinski definition) is 3. The average Bonchev–Trinajstić information content (AvgIpc) is 2.86. The topological polar surface area (TPSA) is 28.4 Å². The molecule has 0 amide bonds. The number of fused-ring (bicyclic) bond motifs is 1. The molecule has 0 bridgehead atoms. The molecule has 1 unspecified atom stereocenters. The largest absolute Gasteiger partial charge is 0.459 e. The standard InChI is InChI=1S/C18H26N2O/c1-4-20-11-9-15(10-12-20)19-14(3)18-13(2)16-7-5-6-8-17(16)21-18/h5-8,14-15,19H,4,9-12H2,1-3H3. The van der Waals surface area contributed by atoms with Gasteiger partial charge in [0.05, 0.1) is 6.04 Å². The number of nitrogens with zero attached hydrogens (tertiary/aromatic N) is 1. The molecule has 114 valence electrons. The third-order valence-corrected chi connectivity index (χ3v) is 4.79. The summed E-state index contributed by atoms with van der Waals surface area (Å²) in [5.41, 5.74) is 2.27. The molecule has 3 nitrogen and oxygen atoms in total. The molecule has 1 fully saturated rings. The third kappa shape index (κ3) is 2.99. The van der Waals surface area contributed by atoms with E-state index in [9.17, 15) is 0 Å². The summed E-state index contributed by atoms with van der Waals surface area (Å²) < 4.78 is 6.07. The van der Waals surface area contributed by atoms with Crippen LogP contribution in [0.4, 0.5) is 0 Å². The van der Waals surface area contributed by atoms with Gasteiger partial charge in [-0.25, -0.2) is 0 Å². The number of rotatable bonds is 4. The molecule has 0 aliphatic carbocycles. The van der Waals surface area contributed by atoms with Gasteiger partial charge in [0.1, 0.15) is 11.3 Å². The van der Waals surface area contributed by atoms with Gasteiger partial charge in [-0.05, 0) is 58.0 Å². The van der Waals surface area contributed by atoms with Gasteiger partial charge >= 0.3 is 0 Å². The molecule has 0 radical (unpaired) electrons. The molecule has 1 aliphatic rings. The fraction of sp³-hybridized carbons (Fsp3) is 0.556. The van der Waals surface area contributed by atoms with Crippen molar-refractivity contribution >= 4 is 11.0 Å². The summed E-state index contributed by atoms with van der Waals surface area (Å²) in [5.74, 6) is 1.09. The Hall–Kier alpha value is -1.32. The zero-order chi connectivity index (χ0) is 14.8. The molecule has 3 rings (SSSR count). The van der Waals surface area contributed by atoms with Crippen molar-refractivity contribution in [2.24, 2.45) is 0 Å². The van der Waals surface area contributed by atoms with Crippen LogP contribution in [0.1, 0.15) is 44.1 Å². The highest BCUT2D eigenvalue weighted by Gasteiger charge is 2.22. The number of furan rings is 1. The molecule has 1 atom stereocenters. The van der Waals surface area contributed by atoms with Crippen molar-refractivity contribution in [2.45, 2.75) is 45.7 Å². The Balaban J connectivity index is 1.70. The van der Waals surface area contributed by atoms with E-state index in [0.29, 0.717) is 6.04 Å². The van der Waals surface area contributed by atoms with Gasteiger partial charge in [0.25, 0.3) is 0 Å². The quantitative estimate of drug-likeness (QED) is 0.924. The Morgan fingerprint density at radius 1 is 1.29 bits per heavy atom. The summed E-state index contributed by atoms with van der Waals surface area (Å²) in [5, 5.41) is 5.00. The first-order chi connectivity index (χ1) is 10.2. The first-order valence-corrected chi connectivity index (χ1v) is 8.15. The minimum absolute atomic E-state index is 0.274. The molecular formula is C18H26N2O. The lowest BCUT2D eigenvalue weighted by Gasteiger charge is -2.33. The molecule has 1 aromatic carbocycles. The molecule has 1 N–H and O–H groups in total. The van der Waals surface area contributed by atoms with E-state index in [1.165, 1.54) is 43.4 Å². The smallest absolute Gasteiger partial charge is 0.134 e. The van der Waals surface area contributed by atoms with Crippen molar-refractivity contribution in [1.82, 2.24) is 10.2 Å². The van der Waals surface area contributed by atoms with Crippen molar-refractivity contribution < 1.29 is 4.42 Å². The first kappa shape index (κ1) is 14.6. The van der Waals surface area contributed by atoms with Gasteiger partial charge in [0, 0.05) is 11.4 Å². The van der Waals surface area contributed by atoms with E-state index in [1.54, 1.807) is 0 Å². The Bertz CT molecular complexity index is 596. The maximum atomic E-state index is 6.07. The predicted molar refractivity (Wildman–Crippen MR) is 87.6 cm³/mol. The maximum absolute atomic E-state index is 6.07. The monoisotopic (exact) mass is 286 g/mol. The van der Waals surface area contributed by atoms with Gasteiger partial charge < -0.3 is 14.6 Å². The van der Waals surface area contributed by atoms with E-state index >= 15 is 0 Å². The summed E-state index contributed by atoms with van der Waals surface area (Å²) >= 11 is 0. The van der Waals surface area contributed by atoms with Gasteiger partial charge in [-0.15, -0.1) is 0 Å². The Morgan fingerprint density at radius 3 is 2.67 bits per heavy atom. The average molecular weight is 286 g/mol. The Morgan fingerprint density at radius 2 is 2.00 bits per heavy atom. The van der Waals surface area contributed by atoms with Crippen LogP contribution < -0.4 is 5.32 Å². The van der Waals surface area contributed by atoms with Crippen LogP contribution in [0.2, 0.25) is 0 Å². The second kappa shape index (κ2) is 6.20. The molecule has 1 aliphatic heterocycles. The number of likely N-dealkylation sites (tertiary alicyclic amines) is 1. The van der Waals surface area contributed by atoms with Crippen molar-refractivity contribution in [1.29, 1.82) is 0 Å². The van der Waals surface area contributed by atoms with Crippen molar-refractivity contribution in [2.75, 3.05) is 19.6 Å². The molecule has 3 heteroatoms. The first-order valence-electron chi connectivity index (χ1n) is 8.15. The number of hydrogen-bond donors (Lipinski definition) is 1. The number of aryl methyl sites for hydroxylation is 1. The summed E-state index contributed by atoms with van der Waals surface area (Å²) in [4.78, 5) is 2.52. The molecule has 1 aromatic heterocycles. The third-order valence-electron chi connectivity index (χ3n) is 4.79.